The van der Waals surface area contributed by atoms with Crippen molar-refractivity contribution in [3.63, 3.8) is 0 Å². The van der Waals surface area contributed by atoms with Gasteiger partial charge in [-0.1, -0.05) is 6.92 Å². The van der Waals surface area contributed by atoms with Gasteiger partial charge in [0.25, 0.3) is 0 Å². The third-order valence-corrected chi connectivity index (χ3v) is 6.78. The van der Waals surface area contributed by atoms with Crippen LogP contribution in [-0.2, 0) is 10.3 Å². The summed E-state index contributed by atoms with van der Waals surface area (Å²) in [4.78, 5) is 26.2. The van der Waals surface area contributed by atoms with Gasteiger partial charge < -0.3 is 9.88 Å². The Hall–Kier alpha value is -3.21. The van der Waals surface area contributed by atoms with Gasteiger partial charge in [0, 0.05) is 42.9 Å². The second-order valence-corrected chi connectivity index (χ2v) is 8.67. The van der Waals surface area contributed by atoms with Gasteiger partial charge in [0.2, 0.25) is 5.91 Å². The zero-order valence-corrected chi connectivity index (χ0v) is 17.1. The van der Waals surface area contributed by atoms with Crippen molar-refractivity contribution in [3.8, 4) is 17.3 Å². The number of rotatable bonds is 5. The number of fused-ring (bicyclic) bond motifs is 2. The summed E-state index contributed by atoms with van der Waals surface area (Å²) in [5.74, 6) is 1.13. The standard InChI is InChI=1S/C22H25N7O/c1-2-3-19(30)28-11-15-8-22(5-6-23,9-16(15)12-28)29-13-17(10-27-29)20-18-4-7-24-21(18)26-14-25-20/h4,7,10,13-16H,2-3,5,8-9,11-12H2,1H3,(H,24,25,26)/t15-,16+,22+. The average Bonchev–Trinajstić information content (AvgIpc) is 3.50. The lowest BCUT2D eigenvalue weighted by Crippen LogP contribution is -2.35. The maximum atomic E-state index is 12.3. The lowest BCUT2D eigenvalue weighted by molar-refractivity contribution is -0.130. The highest BCUT2D eigenvalue weighted by Crippen LogP contribution is 2.49. The SMILES string of the molecule is CCCC(=O)N1C[C@@H]2C[C@@](CC#N)(n3cc(-c4ncnc5[nH]ccc45)cn3)C[C@@H]2C1. The molecule has 8 heteroatoms. The molecule has 0 unspecified atom stereocenters. The highest BCUT2D eigenvalue weighted by molar-refractivity contribution is 5.90. The number of hydrogen-bond donors (Lipinski definition) is 1. The van der Waals surface area contributed by atoms with Gasteiger partial charge >= 0.3 is 0 Å². The predicted octanol–water partition coefficient (Wildman–Crippen LogP) is 3.10. The third kappa shape index (κ3) is 2.96. The fraction of sp³-hybridized carbons (Fsp3) is 0.500. The molecule has 1 saturated carbocycles. The minimum atomic E-state index is -0.313. The van der Waals surface area contributed by atoms with Crippen LogP contribution in [0.15, 0.2) is 31.0 Å². The molecule has 5 rings (SSSR count). The molecule has 0 bridgehead atoms. The Bertz CT molecular complexity index is 1110. The highest BCUT2D eigenvalue weighted by Gasteiger charge is 2.51. The van der Waals surface area contributed by atoms with Crippen molar-refractivity contribution in [1.29, 1.82) is 5.26 Å². The zero-order chi connectivity index (χ0) is 20.7. The van der Waals surface area contributed by atoms with E-state index in [1.807, 2.05) is 41.2 Å². The Morgan fingerprint density at radius 1 is 1.33 bits per heavy atom. The summed E-state index contributed by atoms with van der Waals surface area (Å²) in [5.41, 5.74) is 2.25. The first-order valence-corrected chi connectivity index (χ1v) is 10.6. The van der Waals surface area contributed by atoms with E-state index < -0.39 is 0 Å². The van der Waals surface area contributed by atoms with E-state index in [0.29, 0.717) is 24.7 Å². The molecule has 30 heavy (non-hydrogen) atoms. The molecule has 2 fully saturated rings. The molecule has 4 heterocycles. The number of carbonyl (C=O) groups is 1. The molecule has 1 aliphatic heterocycles. The number of likely N-dealkylation sites (tertiary alicyclic amines) is 1. The lowest BCUT2D eigenvalue weighted by atomic mass is 9.92. The Balaban J connectivity index is 1.42. The van der Waals surface area contributed by atoms with E-state index in [2.05, 4.69) is 26.1 Å². The van der Waals surface area contributed by atoms with Crippen LogP contribution in [0.1, 0.15) is 39.0 Å². The summed E-state index contributed by atoms with van der Waals surface area (Å²) in [6.45, 7) is 3.66. The van der Waals surface area contributed by atoms with Crippen molar-refractivity contribution < 1.29 is 4.79 Å². The molecule has 8 nitrogen and oxygen atoms in total. The summed E-state index contributed by atoms with van der Waals surface area (Å²) >= 11 is 0. The summed E-state index contributed by atoms with van der Waals surface area (Å²) in [7, 11) is 0. The lowest BCUT2D eigenvalue weighted by Gasteiger charge is -2.29. The summed E-state index contributed by atoms with van der Waals surface area (Å²) < 4.78 is 1.99. The quantitative estimate of drug-likeness (QED) is 0.705. The number of H-pyrrole nitrogens is 1. The zero-order valence-electron chi connectivity index (χ0n) is 17.1. The van der Waals surface area contributed by atoms with E-state index in [9.17, 15) is 10.1 Å². The van der Waals surface area contributed by atoms with Crippen LogP contribution in [0.5, 0.6) is 0 Å². The Kier molecular flexibility index (Phi) is 4.54. The first-order valence-electron chi connectivity index (χ1n) is 10.6. The molecule has 1 amide bonds. The largest absolute Gasteiger partial charge is 0.346 e. The highest BCUT2D eigenvalue weighted by atomic mass is 16.2. The van der Waals surface area contributed by atoms with E-state index in [-0.39, 0.29) is 11.4 Å². The molecular formula is C22H25N7O. The van der Waals surface area contributed by atoms with E-state index in [1.54, 1.807) is 6.33 Å². The molecule has 0 spiro atoms. The van der Waals surface area contributed by atoms with Crippen LogP contribution < -0.4 is 0 Å². The Morgan fingerprint density at radius 3 is 2.87 bits per heavy atom. The number of amides is 1. The number of carbonyl (C=O) groups excluding carboxylic acids is 1. The minimum absolute atomic E-state index is 0.262. The van der Waals surface area contributed by atoms with Crippen molar-refractivity contribution in [1.82, 2.24) is 29.6 Å². The van der Waals surface area contributed by atoms with Gasteiger partial charge in [0.05, 0.1) is 29.9 Å². The van der Waals surface area contributed by atoms with Crippen molar-refractivity contribution in [2.45, 2.75) is 44.6 Å². The molecular weight excluding hydrogens is 378 g/mol. The molecule has 1 saturated heterocycles. The van der Waals surface area contributed by atoms with Gasteiger partial charge in [-0.25, -0.2) is 9.97 Å². The van der Waals surface area contributed by atoms with Crippen molar-refractivity contribution in [2.75, 3.05) is 13.1 Å². The van der Waals surface area contributed by atoms with Crippen LogP contribution in [0.2, 0.25) is 0 Å². The normalized spacial score (nSPS) is 25.5. The van der Waals surface area contributed by atoms with E-state index >= 15 is 0 Å². The van der Waals surface area contributed by atoms with Gasteiger partial charge in [-0.05, 0) is 37.2 Å². The molecule has 0 radical (unpaired) electrons. The van der Waals surface area contributed by atoms with Gasteiger partial charge in [-0.15, -0.1) is 0 Å². The Labute approximate surface area is 174 Å². The smallest absolute Gasteiger partial charge is 0.222 e. The van der Waals surface area contributed by atoms with Crippen LogP contribution in [0.4, 0.5) is 0 Å². The van der Waals surface area contributed by atoms with Crippen molar-refractivity contribution in [2.24, 2.45) is 11.8 Å². The fourth-order valence-corrected chi connectivity index (χ4v) is 5.40. The Morgan fingerprint density at radius 2 is 2.13 bits per heavy atom. The van der Waals surface area contributed by atoms with E-state index in [0.717, 1.165) is 54.6 Å². The molecule has 154 valence electrons. The molecule has 1 aliphatic carbocycles. The monoisotopic (exact) mass is 403 g/mol. The number of hydrogen-bond acceptors (Lipinski definition) is 5. The number of nitriles is 1. The first kappa shape index (κ1) is 18.8. The van der Waals surface area contributed by atoms with Gasteiger partial charge in [0.15, 0.2) is 0 Å². The average molecular weight is 403 g/mol. The summed E-state index contributed by atoms with van der Waals surface area (Å²) in [6.07, 6.45) is 11.0. The number of aromatic nitrogens is 5. The van der Waals surface area contributed by atoms with E-state index in [4.69, 9.17) is 0 Å². The summed E-state index contributed by atoms with van der Waals surface area (Å²) in [5, 5.41) is 15.2. The topological polar surface area (TPSA) is 103 Å². The fourth-order valence-electron chi connectivity index (χ4n) is 5.40. The minimum Gasteiger partial charge on any atom is -0.346 e. The summed E-state index contributed by atoms with van der Waals surface area (Å²) in [6, 6.07) is 4.36. The third-order valence-electron chi connectivity index (χ3n) is 6.78. The maximum Gasteiger partial charge on any atom is 0.222 e. The molecule has 3 aromatic rings. The van der Waals surface area contributed by atoms with Crippen molar-refractivity contribution in [3.05, 3.63) is 31.0 Å². The van der Waals surface area contributed by atoms with Crippen LogP contribution >= 0.6 is 0 Å². The van der Waals surface area contributed by atoms with Crippen LogP contribution in [0.25, 0.3) is 22.3 Å². The van der Waals surface area contributed by atoms with E-state index in [1.165, 1.54) is 0 Å². The van der Waals surface area contributed by atoms with Crippen LogP contribution in [-0.4, -0.2) is 48.6 Å². The number of aromatic amines is 1. The van der Waals surface area contributed by atoms with Crippen molar-refractivity contribution >= 4 is 16.9 Å². The predicted molar refractivity (Wildman–Crippen MR) is 111 cm³/mol. The maximum absolute atomic E-state index is 12.3. The van der Waals surface area contributed by atoms with Gasteiger partial charge in [-0.2, -0.15) is 10.4 Å². The van der Waals surface area contributed by atoms with Gasteiger partial charge in [-0.3, -0.25) is 9.48 Å². The van der Waals surface area contributed by atoms with Crippen LogP contribution in [0.3, 0.4) is 0 Å². The molecule has 3 aromatic heterocycles. The van der Waals surface area contributed by atoms with Gasteiger partial charge in [0.1, 0.15) is 12.0 Å². The molecule has 2 aliphatic rings. The first-order chi connectivity index (χ1) is 14.6. The van der Waals surface area contributed by atoms with Crippen LogP contribution in [0, 0.1) is 23.2 Å². The number of nitrogens with zero attached hydrogens (tertiary/aromatic N) is 6. The second-order valence-electron chi connectivity index (χ2n) is 8.67. The molecule has 1 N–H and O–H groups in total. The number of nitrogens with one attached hydrogen (secondary N) is 1. The molecule has 3 atom stereocenters. The second kappa shape index (κ2) is 7.24. The molecule has 0 aromatic carbocycles.